The summed E-state index contributed by atoms with van der Waals surface area (Å²) in [5.41, 5.74) is 1.92. The number of rotatable bonds is 11. The van der Waals surface area contributed by atoms with Gasteiger partial charge in [0.25, 0.3) is 0 Å². The van der Waals surface area contributed by atoms with Gasteiger partial charge in [-0.1, -0.05) is 12.8 Å². The van der Waals surface area contributed by atoms with Crippen molar-refractivity contribution < 1.29 is 38.7 Å². The first-order chi connectivity index (χ1) is 16.3. The first-order valence-electron chi connectivity index (χ1n) is 11.3. The van der Waals surface area contributed by atoms with Gasteiger partial charge in [0.05, 0.1) is 46.0 Å². The van der Waals surface area contributed by atoms with Crippen molar-refractivity contribution >= 4 is 11.9 Å². The lowest BCUT2D eigenvalue weighted by Gasteiger charge is -2.28. The number of methoxy groups -OCH3 is 3. The number of hydrogen-bond acceptors (Lipinski definition) is 7. The third kappa shape index (κ3) is 5.90. The van der Waals surface area contributed by atoms with Crippen molar-refractivity contribution in [2.75, 3.05) is 21.3 Å². The zero-order valence-corrected chi connectivity index (χ0v) is 20.1. The van der Waals surface area contributed by atoms with Crippen LogP contribution in [0.1, 0.15) is 58.8 Å². The van der Waals surface area contributed by atoms with Gasteiger partial charge in [0.2, 0.25) is 0 Å². The fraction of sp³-hybridized carbons (Fsp3) is 0.520. The average molecular weight is 476 g/mol. The lowest BCUT2D eigenvalue weighted by atomic mass is 10.0. The molecule has 1 aliphatic rings. The molecule has 1 heterocycles. The smallest absolute Gasteiger partial charge is 0.339 e. The highest BCUT2D eigenvalue weighted by Crippen LogP contribution is 2.35. The number of aromatic nitrogens is 1. The molecule has 1 saturated carbocycles. The highest BCUT2D eigenvalue weighted by molar-refractivity contribution is 5.92. The first kappa shape index (κ1) is 25.6. The van der Waals surface area contributed by atoms with Crippen LogP contribution in [0, 0.1) is 6.92 Å². The first-order valence-corrected chi connectivity index (χ1v) is 11.3. The Morgan fingerprint density at radius 1 is 1.09 bits per heavy atom. The van der Waals surface area contributed by atoms with E-state index < -0.39 is 24.1 Å². The molecule has 1 aromatic carbocycles. The molecule has 0 saturated heterocycles. The third-order valence-electron chi connectivity index (χ3n) is 6.24. The number of aliphatic carboxylic acids is 1. The van der Waals surface area contributed by atoms with Crippen LogP contribution in [0.2, 0.25) is 0 Å². The number of aliphatic hydroxyl groups is 1. The van der Waals surface area contributed by atoms with E-state index in [9.17, 15) is 19.8 Å². The molecule has 2 unspecified atom stereocenters. The van der Waals surface area contributed by atoms with Gasteiger partial charge in [0, 0.05) is 18.0 Å². The van der Waals surface area contributed by atoms with Crippen LogP contribution in [0.15, 0.2) is 24.5 Å². The van der Waals surface area contributed by atoms with Crippen LogP contribution in [0.4, 0.5) is 0 Å². The van der Waals surface area contributed by atoms with E-state index in [-0.39, 0.29) is 24.6 Å². The lowest BCUT2D eigenvalue weighted by molar-refractivity contribution is -0.136. The maximum atomic E-state index is 12.2. The summed E-state index contributed by atoms with van der Waals surface area (Å²) in [6, 6.07) is 3.53. The molecule has 186 valence electrons. The molecular formula is C25H33NO8. The largest absolute Gasteiger partial charge is 0.496 e. The zero-order chi connectivity index (χ0) is 24.8. The Hall–Kier alpha value is -3.04. The molecule has 0 aliphatic heterocycles. The minimum atomic E-state index is -1.06. The van der Waals surface area contributed by atoms with Crippen molar-refractivity contribution in [2.24, 2.45) is 0 Å². The van der Waals surface area contributed by atoms with Crippen LogP contribution in [-0.2, 0) is 27.2 Å². The third-order valence-corrected chi connectivity index (χ3v) is 6.24. The number of hydrogen-bond donors (Lipinski definition) is 2. The Morgan fingerprint density at radius 3 is 2.24 bits per heavy atom. The Bertz CT molecular complexity index is 983. The highest BCUT2D eigenvalue weighted by Gasteiger charge is 2.29. The van der Waals surface area contributed by atoms with Crippen molar-refractivity contribution in [3.8, 4) is 11.5 Å². The van der Waals surface area contributed by atoms with Gasteiger partial charge in [0.15, 0.2) is 0 Å². The predicted octanol–water partition coefficient (Wildman–Crippen LogP) is 3.29. The van der Waals surface area contributed by atoms with Crippen LogP contribution < -0.4 is 9.47 Å². The minimum absolute atomic E-state index is 0.0167. The monoisotopic (exact) mass is 475 g/mol. The summed E-state index contributed by atoms with van der Waals surface area (Å²) in [5.74, 6) is -0.492. The van der Waals surface area contributed by atoms with Gasteiger partial charge in [0.1, 0.15) is 23.7 Å². The molecule has 1 fully saturated rings. The predicted molar refractivity (Wildman–Crippen MR) is 123 cm³/mol. The van der Waals surface area contributed by atoms with E-state index in [1.165, 1.54) is 13.3 Å². The molecule has 1 aromatic heterocycles. The van der Waals surface area contributed by atoms with Crippen molar-refractivity contribution in [1.29, 1.82) is 0 Å². The number of carbonyl (C=O) groups is 2. The second-order valence-corrected chi connectivity index (χ2v) is 8.53. The van der Waals surface area contributed by atoms with Crippen LogP contribution in [0.5, 0.6) is 11.5 Å². The number of aliphatic hydroxyl groups excluding tert-OH is 1. The zero-order valence-electron chi connectivity index (χ0n) is 20.1. The molecule has 2 atom stereocenters. The molecule has 9 heteroatoms. The van der Waals surface area contributed by atoms with E-state index in [2.05, 4.69) is 0 Å². The number of nitrogens with zero attached hydrogens (tertiary/aromatic N) is 1. The van der Waals surface area contributed by atoms with Crippen molar-refractivity contribution in [3.63, 3.8) is 0 Å². The molecule has 34 heavy (non-hydrogen) atoms. The standard InChI is InChI=1S/C25H33NO8/c1-15-20(31-2)9-16(10-21(15)32-3)24(29)22(34-18-7-5-6-8-18)14-26-12-17(11-23(27)28)19(13-26)25(30)33-4/h9-10,12-13,18,22,24,29H,5-8,11,14H2,1-4H3,(H,27,28). The second-order valence-electron chi connectivity index (χ2n) is 8.53. The van der Waals surface area contributed by atoms with Gasteiger partial charge in [-0.15, -0.1) is 0 Å². The van der Waals surface area contributed by atoms with E-state index in [0.717, 1.165) is 31.2 Å². The second kappa shape index (κ2) is 11.4. The molecule has 2 N–H and O–H groups in total. The molecule has 9 nitrogen and oxygen atoms in total. The Morgan fingerprint density at radius 2 is 1.71 bits per heavy atom. The normalized spacial score (nSPS) is 15.7. The molecular weight excluding hydrogens is 442 g/mol. The molecule has 0 bridgehead atoms. The molecule has 0 spiro atoms. The van der Waals surface area contributed by atoms with E-state index in [0.29, 0.717) is 22.6 Å². The summed E-state index contributed by atoms with van der Waals surface area (Å²) >= 11 is 0. The molecule has 0 radical (unpaired) electrons. The number of ether oxygens (including phenoxy) is 4. The number of esters is 1. The Kier molecular flexibility index (Phi) is 8.57. The Labute approximate surface area is 199 Å². The summed E-state index contributed by atoms with van der Waals surface area (Å²) in [7, 11) is 4.36. The summed E-state index contributed by atoms with van der Waals surface area (Å²) in [5, 5.41) is 20.6. The maximum Gasteiger partial charge on any atom is 0.339 e. The minimum Gasteiger partial charge on any atom is -0.496 e. The number of carboxylic acids is 1. The van der Waals surface area contributed by atoms with E-state index in [4.69, 9.17) is 18.9 Å². The summed E-state index contributed by atoms with van der Waals surface area (Å²) < 4.78 is 23.7. The van der Waals surface area contributed by atoms with Gasteiger partial charge in [-0.25, -0.2) is 4.79 Å². The molecule has 3 rings (SSSR count). The fourth-order valence-corrected chi connectivity index (χ4v) is 4.45. The topological polar surface area (TPSA) is 116 Å². The lowest BCUT2D eigenvalue weighted by Crippen LogP contribution is -2.31. The maximum absolute atomic E-state index is 12.2. The van der Waals surface area contributed by atoms with Gasteiger partial charge in [-0.3, -0.25) is 4.79 Å². The van der Waals surface area contributed by atoms with Gasteiger partial charge < -0.3 is 33.7 Å². The summed E-state index contributed by atoms with van der Waals surface area (Å²) in [4.78, 5) is 23.5. The van der Waals surface area contributed by atoms with Crippen molar-refractivity contribution in [1.82, 2.24) is 4.57 Å². The van der Waals surface area contributed by atoms with Crippen molar-refractivity contribution in [3.05, 3.63) is 46.8 Å². The fourth-order valence-electron chi connectivity index (χ4n) is 4.45. The van der Waals surface area contributed by atoms with E-state index >= 15 is 0 Å². The van der Waals surface area contributed by atoms with E-state index in [1.807, 2.05) is 6.92 Å². The number of carboxylic acid groups (broad SMARTS) is 1. The number of benzene rings is 1. The van der Waals surface area contributed by atoms with Crippen molar-refractivity contribution in [2.45, 2.75) is 63.9 Å². The van der Waals surface area contributed by atoms with Gasteiger partial charge in [-0.2, -0.15) is 0 Å². The van der Waals surface area contributed by atoms with Crippen LogP contribution in [-0.4, -0.2) is 60.3 Å². The van der Waals surface area contributed by atoms with E-state index in [1.54, 1.807) is 37.1 Å². The molecule has 1 aliphatic carbocycles. The Balaban J connectivity index is 1.95. The molecule has 2 aromatic rings. The average Bonchev–Trinajstić information content (AvgIpc) is 3.47. The van der Waals surface area contributed by atoms with Gasteiger partial charge >= 0.3 is 11.9 Å². The van der Waals surface area contributed by atoms with Crippen LogP contribution in [0.25, 0.3) is 0 Å². The van der Waals surface area contributed by atoms with Crippen LogP contribution in [0.3, 0.4) is 0 Å². The SMILES string of the molecule is COC(=O)c1cn(CC(OC2CCCC2)C(O)c2cc(OC)c(C)c(OC)c2)cc1CC(=O)O. The summed E-state index contributed by atoms with van der Waals surface area (Å²) in [6.45, 7) is 2.08. The highest BCUT2D eigenvalue weighted by atomic mass is 16.5. The quantitative estimate of drug-likeness (QED) is 0.476. The molecule has 0 amide bonds. The summed E-state index contributed by atoms with van der Waals surface area (Å²) in [6.07, 6.45) is 5.11. The van der Waals surface area contributed by atoms with Crippen LogP contribution >= 0.6 is 0 Å². The number of carbonyl (C=O) groups excluding carboxylic acids is 1. The van der Waals surface area contributed by atoms with Gasteiger partial charge in [-0.05, 0) is 43.0 Å².